The number of aromatic hydroxyl groups is 2. The lowest BCUT2D eigenvalue weighted by molar-refractivity contribution is 0.0880. The van der Waals surface area contributed by atoms with Crippen molar-refractivity contribution in [2.24, 2.45) is 4.99 Å². The van der Waals surface area contributed by atoms with Crippen LogP contribution in [0, 0.1) is 0 Å². The van der Waals surface area contributed by atoms with Gasteiger partial charge in [-0.2, -0.15) is 0 Å². The van der Waals surface area contributed by atoms with Crippen LogP contribution in [0.2, 0.25) is 0 Å². The summed E-state index contributed by atoms with van der Waals surface area (Å²) in [5.74, 6) is 0.127. The molecule has 0 saturated carbocycles. The topological polar surface area (TPSA) is 104 Å². The van der Waals surface area contributed by atoms with Crippen molar-refractivity contribution in [3.8, 4) is 17.4 Å². The zero-order valence-electron chi connectivity index (χ0n) is 18.2. The van der Waals surface area contributed by atoms with E-state index < -0.39 is 0 Å². The number of pyridine rings is 1. The Hall–Kier alpha value is -3.62. The molecule has 0 aliphatic heterocycles. The average molecular weight is 523 g/mol. The first-order valence-corrected chi connectivity index (χ1v) is 11.4. The van der Waals surface area contributed by atoms with Crippen LogP contribution in [0.3, 0.4) is 0 Å². The maximum Gasteiger partial charge on any atom is 0.258 e. The minimum Gasteiger partial charge on any atom is -0.504 e. The number of benzene rings is 3. The number of phenols is 1. The van der Waals surface area contributed by atoms with Gasteiger partial charge < -0.3 is 19.7 Å². The Morgan fingerprint density at radius 1 is 0.941 bits per heavy atom. The molecule has 8 heteroatoms. The minimum atomic E-state index is -0.372. The highest BCUT2D eigenvalue weighted by atomic mass is 79.9. The molecule has 0 amide bonds. The van der Waals surface area contributed by atoms with Gasteiger partial charge in [0.15, 0.2) is 11.5 Å². The zero-order chi connectivity index (χ0) is 23.9. The number of nitrogens with one attached hydrogen (secondary N) is 1. The van der Waals surface area contributed by atoms with E-state index in [-0.39, 0.29) is 23.7 Å². The largest absolute Gasteiger partial charge is 0.504 e. The molecule has 0 saturated heterocycles. The molecule has 1 heterocycles. The lowest BCUT2D eigenvalue weighted by Gasteiger charge is -2.10. The zero-order valence-corrected chi connectivity index (χ0v) is 19.8. The van der Waals surface area contributed by atoms with E-state index in [9.17, 15) is 15.0 Å². The number of phenolic OH excluding ortho intramolecular Hbond substituents is 1. The first-order chi connectivity index (χ1) is 16.5. The third-order valence-corrected chi connectivity index (χ3v) is 5.61. The van der Waals surface area contributed by atoms with Crippen LogP contribution in [-0.2, 0) is 17.9 Å². The van der Waals surface area contributed by atoms with Gasteiger partial charge in [-0.15, -0.1) is 0 Å². The molecule has 174 valence electrons. The Bertz CT molecular complexity index is 1370. The van der Waals surface area contributed by atoms with Crippen molar-refractivity contribution in [3.05, 3.63) is 98.2 Å². The molecule has 0 radical (unpaired) electrons. The highest BCUT2D eigenvalue weighted by Crippen LogP contribution is 2.28. The molecule has 3 aromatic carbocycles. The fraction of sp³-hybridized carbons (Fsp3) is 0.154. The fourth-order valence-corrected chi connectivity index (χ4v) is 3.80. The Balaban J connectivity index is 1.35. The summed E-state index contributed by atoms with van der Waals surface area (Å²) in [6.45, 7) is 1.48. The molecule has 0 unspecified atom stereocenters. The van der Waals surface area contributed by atoms with Crippen LogP contribution in [-0.4, -0.2) is 34.6 Å². The van der Waals surface area contributed by atoms with Crippen molar-refractivity contribution in [1.82, 2.24) is 4.98 Å². The Kier molecular flexibility index (Phi) is 7.61. The van der Waals surface area contributed by atoms with Gasteiger partial charge in [0.25, 0.3) is 5.56 Å². The summed E-state index contributed by atoms with van der Waals surface area (Å²) in [7, 11) is 0. The van der Waals surface area contributed by atoms with E-state index in [1.165, 1.54) is 6.21 Å². The van der Waals surface area contributed by atoms with Gasteiger partial charge in [-0.1, -0.05) is 52.3 Å². The molecule has 0 fully saturated rings. The number of hydrogen-bond acceptors (Lipinski definition) is 6. The number of nitrogens with zero attached hydrogens (tertiary/aromatic N) is 1. The van der Waals surface area contributed by atoms with Crippen LogP contribution in [0.15, 0.2) is 81.0 Å². The van der Waals surface area contributed by atoms with Gasteiger partial charge in [0, 0.05) is 21.5 Å². The molecule has 7 nitrogen and oxygen atoms in total. The quantitative estimate of drug-likeness (QED) is 0.214. The minimum absolute atomic E-state index is 0.0111. The number of aliphatic imine (C=N–C) groups is 1. The van der Waals surface area contributed by atoms with Crippen LogP contribution in [0.25, 0.3) is 10.8 Å². The number of fused-ring (bicyclic) bond motifs is 1. The van der Waals surface area contributed by atoms with Crippen LogP contribution in [0.5, 0.6) is 17.4 Å². The van der Waals surface area contributed by atoms with E-state index in [4.69, 9.17) is 9.47 Å². The molecule has 4 aromatic rings. The van der Waals surface area contributed by atoms with Crippen LogP contribution < -0.4 is 10.3 Å². The Labute approximate surface area is 204 Å². The highest BCUT2D eigenvalue weighted by molar-refractivity contribution is 9.10. The van der Waals surface area contributed by atoms with Gasteiger partial charge >= 0.3 is 0 Å². The normalized spacial score (nSPS) is 11.3. The summed E-state index contributed by atoms with van der Waals surface area (Å²) >= 11 is 3.39. The van der Waals surface area contributed by atoms with E-state index >= 15 is 0 Å². The summed E-state index contributed by atoms with van der Waals surface area (Å²) in [5, 5.41) is 21.5. The molecular formula is C26H23BrN2O5. The SMILES string of the molecule is O=c1[nH]c(O)c(C=NCc2ccc(OCCOCc3ccccc3)c(O)c2)c2cc(Br)ccc12. The summed E-state index contributed by atoms with van der Waals surface area (Å²) in [5.41, 5.74) is 1.89. The van der Waals surface area contributed by atoms with Gasteiger partial charge in [-0.05, 0) is 41.5 Å². The Morgan fingerprint density at radius 3 is 2.56 bits per heavy atom. The third kappa shape index (κ3) is 5.84. The summed E-state index contributed by atoms with van der Waals surface area (Å²) < 4.78 is 12.0. The molecule has 3 N–H and O–H groups in total. The van der Waals surface area contributed by atoms with Crippen LogP contribution >= 0.6 is 15.9 Å². The molecule has 1 aromatic heterocycles. The predicted molar refractivity (Wildman–Crippen MR) is 135 cm³/mol. The van der Waals surface area contributed by atoms with E-state index in [1.807, 2.05) is 30.3 Å². The smallest absolute Gasteiger partial charge is 0.258 e. The van der Waals surface area contributed by atoms with Crippen molar-refractivity contribution in [3.63, 3.8) is 0 Å². The van der Waals surface area contributed by atoms with Crippen molar-refractivity contribution >= 4 is 32.9 Å². The van der Waals surface area contributed by atoms with Crippen molar-refractivity contribution in [1.29, 1.82) is 0 Å². The molecule has 0 atom stereocenters. The number of hydrogen-bond donors (Lipinski definition) is 3. The molecule has 0 aliphatic carbocycles. The average Bonchev–Trinajstić information content (AvgIpc) is 2.82. The standard InChI is InChI=1S/C26H23BrN2O5/c27-19-7-8-20-21(13-19)22(26(32)29-25(20)31)15-28-14-18-6-9-24(23(30)12-18)34-11-10-33-16-17-4-2-1-3-5-17/h1-9,12-13,15,30H,10-11,14,16H2,(H2,29,31,32). The van der Waals surface area contributed by atoms with Gasteiger partial charge in [0.2, 0.25) is 5.88 Å². The molecule has 4 rings (SSSR count). The monoisotopic (exact) mass is 522 g/mol. The van der Waals surface area contributed by atoms with Gasteiger partial charge in [-0.25, -0.2) is 0 Å². The molecule has 0 bridgehead atoms. The number of rotatable bonds is 9. The highest BCUT2D eigenvalue weighted by Gasteiger charge is 2.10. The second-order valence-corrected chi connectivity index (χ2v) is 8.48. The summed E-state index contributed by atoms with van der Waals surface area (Å²) in [6, 6.07) is 20.1. The predicted octanol–water partition coefficient (Wildman–Crippen LogP) is 4.92. The number of halogens is 1. The van der Waals surface area contributed by atoms with Crippen molar-refractivity contribution in [2.75, 3.05) is 13.2 Å². The van der Waals surface area contributed by atoms with Crippen molar-refractivity contribution < 1.29 is 19.7 Å². The third-order valence-electron chi connectivity index (χ3n) is 5.12. The fourth-order valence-electron chi connectivity index (χ4n) is 3.44. The van der Waals surface area contributed by atoms with E-state index in [1.54, 1.807) is 36.4 Å². The maximum atomic E-state index is 12.1. The number of aromatic nitrogens is 1. The van der Waals surface area contributed by atoms with Gasteiger partial charge in [-0.3, -0.25) is 14.8 Å². The van der Waals surface area contributed by atoms with Crippen molar-refractivity contribution in [2.45, 2.75) is 13.2 Å². The molecule has 34 heavy (non-hydrogen) atoms. The van der Waals surface area contributed by atoms with Gasteiger partial charge in [0.1, 0.15) is 6.61 Å². The van der Waals surface area contributed by atoms with Crippen LogP contribution in [0.4, 0.5) is 0 Å². The first-order valence-electron chi connectivity index (χ1n) is 10.6. The lowest BCUT2D eigenvalue weighted by Crippen LogP contribution is -2.08. The maximum absolute atomic E-state index is 12.1. The Morgan fingerprint density at radius 2 is 1.76 bits per heavy atom. The molecular weight excluding hydrogens is 500 g/mol. The number of H-pyrrole nitrogens is 1. The lowest BCUT2D eigenvalue weighted by atomic mass is 10.1. The molecule has 0 aliphatic rings. The number of ether oxygens (including phenoxy) is 2. The summed E-state index contributed by atoms with van der Waals surface area (Å²) in [6.07, 6.45) is 1.51. The van der Waals surface area contributed by atoms with E-state index in [0.717, 1.165) is 15.6 Å². The van der Waals surface area contributed by atoms with E-state index in [2.05, 4.69) is 25.9 Å². The second-order valence-electron chi connectivity index (χ2n) is 7.56. The molecule has 0 spiro atoms. The second kappa shape index (κ2) is 11.0. The summed E-state index contributed by atoms with van der Waals surface area (Å²) in [4.78, 5) is 18.9. The van der Waals surface area contributed by atoms with Gasteiger partial charge in [0.05, 0.1) is 25.3 Å². The first kappa shape index (κ1) is 23.5. The van der Waals surface area contributed by atoms with Crippen LogP contribution in [0.1, 0.15) is 16.7 Å². The van der Waals surface area contributed by atoms with E-state index in [0.29, 0.717) is 41.9 Å². The number of aromatic amines is 1.